The lowest BCUT2D eigenvalue weighted by molar-refractivity contribution is -0.898. The normalized spacial score (nSPS) is 15.5. The van der Waals surface area contributed by atoms with Crippen molar-refractivity contribution in [3.05, 3.63) is 77.9 Å². The summed E-state index contributed by atoms with van der Waals surface area (Å²) in [5.74, 6) is 0.906. The van der Waals surface area contributed by atoms with Gasteiger partial charge in [-0.05, 0) is 35.4 Å². The topological polar surface area (TPSA) is 34.0 Å². The second-order valence-electron chi connectivity index (χ2n) is 6.70. The molecule has 140 valence electrons. The molecule has 1 amide bonds. The zero-order valence-corrected chi connectivity index (χ0v) is 15.8. The van der Waals surface area contributed by atoms with Crippen LogP contribution in [0.1, 0.15) is 11.1 Å². The molecule has 4 heteroatoms. The molecule has 3 rings (SSSR count). The van der Waals surface area contributed by atoms with Gasteiger partial charge in [-0.3, -0.25) is 4.79 Å². The second kappa shape index (κ2) is 9.74. The van der Waals surface area contributed by atoms with Crippen molar-refractivity contribution in [2.75, 3.05) is 39.8 Å². The van der Waals surface area contributed by atoms with E-state index in [9.17, 15) is 4.79 Å². The summed E-state index contributed by atoms with van der Waals surface area (Å²) in [6, 6.07) is 18.0. The van der Waals surface area contributed by atoms with E-state index < -0.39 is 0 Å². The van der Waals surface area contributed by atoms with Crippen LogP contribution in [0.15, 0.2) is 66.7 Å². The Morgan fingerprint density at radius 3 is 2.33 bits per heavy atom. The molecule has 0 spiro atoms. The van der Waals surface area contributed by atoms with E-state index in [1.165, 1.54) is 10.5 Å². The maximum atomic E-state index is 12.4. The molecule has 2 aromatic carbocycles. The van der Waals surface area contributed by atoms with Gasteiger partial charge in [0.1, 0.15) is 5.75 Å². The van der Waals surface area contributed by atoms with E-state index in [-0.39, 0.29) is 5.91 Å². The Bertz CT molecular complexity index is 774. The number of hydrogen-bond acceptors (Lipinski definition) is 2. The highest BCUT2D eigenvalue weighted by atomic mass is 16.5. The van der Waals surface area contributed by atoms with Gasteiger partial charge in [0.2, 0.25) is 5.91 Å². The lowest BCUT2D eigenvalue weighted by atomic mass is 10.2. The Balaban J connectivity index is 1.43. The van der Waals surface area contributed by atoms with Crippen molar-refractivity contribution in [2.24, 2.45) is 0 Å². The summed E-state index contributed by atoms with van der Waals surface area (Å²) in [5.41, 5.74) is 2.23. The fraction of sp³-hybridized carbons (Fsp3) is 0.261. The molecule has 1 aliphatic heterocycles. The van der Waals surface area contributed by atoms with Crippen LogP contribution in [0.3, 0.4) is 0 Å². The molecule has 0 saturated carbocycles. The summed E-state index contributed by atoms with van der Waals surface area (Å²) >= 11 is 0. The van der Waals surface area contributed by atoms with Crippen LogP contribution in [-0.4, -0.2) is 50.6 Å². The number of methoxy groups -OCH3 is 1. The molecule has 1 N–H and O–H groups in total. The first-order valence-electron chi connectivity index (χ1n) is 9.41. The first-order valence-corrected chi connectivity index (χ1v) is 9.41. The number of ether oxygens (including phenoxy) is 1. The maximum absolute atomic E-state index is 12.4. The van der Waals surface area contributed by atoms with E-state index in [1.807, 2.05) is 41.3 Å². The number of rotatable bonds is 6. The number of hydrogen-bond donors (Lipinski definition) is 1. The number of quaternary nitrogens is 1. The van der Waals surface area contributed by atoms with Gasteiger partial charge in [0, 0.05) is 6.08 Å². The van der Waals surface area contributed by atoms with Gasteiger partial charge in [-0.25, -0.2) is 0 Å². The van der Waals surface area contributed by atoms with Gasteiger partial charge in [0.15, 0.2) is 0 Å². The van der Waals surface area contributed by atoms with Gasteiger partial charge < -0.3 is 14.5 Å². The van der Waals surface area contributed by atoms with Crippen molar-refractivity contribution >= 4 is 18.1 Å². The number of amides is 1. The molecule has 0 aliphatic carbocycles. The summed E-state index contributed by atoms with van der Waals surface area (Å²) in [6.45, 7) is 4.59. The third kappa shape index (κ3) is 5.83. The molecule has 1 fully saturated rings. The van der Waals surface area contributed by atoms with Gasteiger partial charge in [-0.1, -0.05) is 48.5 Å². The van der Waals surface area contributed by atoms with Crippen molar-refractivity contribution in [3.63, 3.8) is 0 Å². The number of nitrogens with one attached hydrogen (secondary N) is 1. The first kappa shape index (κ1) is 18.9. The highest BCUT2D eigenvalue weighted by Crippen LogP contribution is 2.12. The minimum absolute atomic E-state index is 0.0877. The Kier molecular flexibility index (Phi) is 6.83. The van der Waals surface area contributed by atoms with Crippen molar-refractivity contribution < 1.29 is 14.4 Å². The fourth-order valence-electron chi connectivity index (χ4n) is 3.16. The molecule has 0 aromatic heterocycles. The van der Waals surface area contributed by atoms with Crippen LogP contribution in [0.5, 0.6) is 5.75 Å². The van der Waals surface area contributed by atoms with E-state index in [2.05, 4.69) is 36.4 Å². The first-order chi connectivity index (χ1) is 13.2. The molecule has 0 atom stereocenters. The second-order valence-corrected chi connectivity index (χ2v) is 6.70. The van der Waals surface area contributed by atoms with E-state index >= 15 is 0 Å². The molecule has 1 heterocycles. The third-order valence-corrected chi connectivity index (χ3v) is 4.83. The van der Waals surface area contributed by atoms with Gasteiger partial charge in [-0.15, -0.1) is 0 Å². The average Bonchev–Trinajstić information content (AvgIpc) is 2.73. The summed E-state index contributed by atoms with van der Waals surface area (Å²) in [5, 5.41) is 0. The zero-order chi connectivity index (χ0) is 18.9. The largest absolute Gasteiger partial charge is 0.497 e. The number of carbonyl (C=O) groups is 1. The number of piperazine rings is 1. The standard InChI is InChI=1S/C23H26N2O2/c1-27-22-12-9-21(10-13-22)11-14-23(26)25-18-16-24(17-19-25)15-5-8-20-6-3-2-4-7-20/h2-14H,15-19H2,1H3/p+1/b8-5+,14-11+. The fourth-order valence-corrected chi connectivity index (χ4v) is 3.16. The van der Waals surface area contributed by atoms with E-state index in [0.29, 0.717) is 0 Å². The summed E-state index contributed by atoms with van der Waals surface area (Å²) in [4.78, 5) is 15.8. The van der Waals surface area contributed by atoms with Crippen molar-refractivity contribution in [1.82, 2.24) is 4.90 Å². The van der Waals surface area contributed by atoms with Crippen LogP contribution < -0.4 is 9.64 Å². The molecule has 4 nitrogen and oxygen atoms in total. The Hall–Kier alpha value is -2.85. The summed E-state index contributed by atoms with van der Waals surface area (Å²) < 4.78 is 5.15. The van der Waals surface area contributed by atoms with E-state index in [0.717, 1.165) is 44.0 Å². The Morgan fingerprint density at radius 1 is 1.00 bits per heavy atom. The summed E-state index contributed by atoms with van der Waals surface area (Å²) in [6.07, 6.45) is 7.93. The maximum Gasteiger partial charge on any atom is 0.246 e. The van der Waals surface area contributed by atoms with Gasteiger partial charge in [-0.2, -0.15) is 0 Å². The van der Waals surface area contributed by atoms with Crippen LogP contribution >= 0.6 is 0 Å². The van der Waals surface area contributed by atoms with E-state index in [4.69, 9.17) is 4.74 Å². The lowest BCUT2D eigenvalue weighted by Gasteiger charge is -2.31. The van der Waals surface area contributed by atoms with Crippen molar-refractivity contribution in [3.8, 4) is 5.75 Å². The quantitative estimate of drug-likeness (QED) is 0.798. The molecule has 27 heavy (non-hydrogen) atoms. The molecule has 1 aliphatic rings. The number of nitrogens with zero attached hydrogens (tertiary/aromatic N) is 1. The van der Waals surface area contributed by atoms with Crippen LogP contribution in [0.2, 0.25) is 0 Å². The highest BCUT2D eigenvalue weighted by molar-refractivity contribution is 5.91. The number of benzene rings is 2. The van der Waals surface area contributed by atoms with E-state index in [1.54, 1.807) is 13.2 Å². The Morgan fingerprint density at radius 2 is 1.67 bits per heavy atom. The minimum Gasteiger partial charge on any atom is -0.497 e. The van der Waals surface area contributed by atoms with Gasteiger partial charge in [0.25, 0.3) is 0 Å². The van der Waals surface area contributed by atoms with Crippen LogP contribution in [0.25, 0.3) is 12.2 Å². The molecule has 1 saturated heterocycles. The van der Waals surface area contributed by atoms with Gasteiger partial charge >= 0.3 is 0 Å². The molecule has 0 radical (unpaired) electrons. The highest BCUT2D eigenvalue weighted by Gasteiger charge is 2.21. The van der Waals surface area contributed by atoms with Crippen molar-refractivity contribution in [2.45, 2.75) is 0 Å². The smallest absolute Gasteiger partial charge is 0.246 e. The monoisotopic (exact) mass is 363 g/mol. The molecule has 0 unspecified atom stereocenters. The van der Waals surface area contributed by atoms with Crippen LogP contribution in [0.4, 0.5) is 0 Å². The molecule has 0 bridgehead atoms. The third-order valence-electron chi connectivity index (χ3n) is 4.83. The predicted molar refractivity (Wildman–Crippen MR) is 110 cm³/mol. The van der Waals surface area contributed by atoms with Crippen LogP contribution in [-0.2, 0) is 4.79 Å². The number of carbonyl (C=O) groups excluding carboxylic acids is 1. The Labute approximate surface area is 161 Å². The molecule has 2 aromatic rings. The predicted octanol–water partition coefficient (Wildman–Crippen LogP) is 2.15. The lowest BCUT2D eigenvalue weighted by Crippen LogP contribution is -3.14. The van der Waals surface area contributed by atoms with Gasteiger partial charge in [0.05, 0.1) is 39.8 Å². The van der Waals surface area contributed by atoms with Crippen molar-refractivity contribution in [1.29, 1.82) is 0 Å². The zero-order valence-electron chi connectivity index (χ0n) is 15.8. The van der Waals surface area contributed by atoms with Crippen LogP contribution in [0, 0.1) is 0 Å². The molecular formula is C23H27N2O2+. The molecular weight excluding hydrogens is 336 g/mol. The summed E-state index contributed by atoms with van der Waals surface area (Å²) in [7, 11) is 1.65. The minimum atomic E-state index is 0.0877. The average molecular weight is 363 g/mol. The SMILES string of the molecule is COc1ccc(/C=C/C(=O)N2CC[NH+](C/C=C/c3ccccc3)CC2)cc1.